The zero-order chi connectivity index (χ0) is 25.7. The summed E-state index contributed by atoms with van der Waals surface area (Å²) in [5, 5.41) is 17.9. The first-order chi connectivity index (χ1) is 17.2. The molecule has 2 aromatic carbocycles. The summed E-state index contributed by atoms with van der Waals surface area (Å²) in [4.78, 5) is 17.0. The third-order valence-electron chi connectivity index (χ3n) is 6.95. The summed E-state index contributed by atoms with van der Waals surface area (Å²) in [5.74, 6) is -1.88. The van der Waals surface area contributed by atoms with Gasteiger partial charge in [0.25, 0.3) is 5.91 Å². The van der Waals surface area contributed by atoms with Gasteiger partial charge in [0.2, 0.25) is 0 Å². The normalized spacial score (nSPS) is 17.6. The van der Waals surface area contributed by atoms with Crippen LogP contribution in [0.4, 0.5) is 8.78 Å². The molecule has 5 nitrogen and oxygen atoms in total. The second-order valence-corrected chi connectivity index (χ2v) is 9.79. The highest BCUT2D eigenvalue weighted by atomic mass is 19.1. The Labute approximate surface area is 211 Å². The van der Waals surface area contributed by atoms with E-state index in [1.54, 1.807) is 25.1 Å². The number of carbonyl (C=O) groups excluding carboxylic acids is 1. The molecule has 3 N–H and O–H groups in total. The van der Waals surface area contributed by atoms with E-state index in [1.807, 2.05) is 0 Å². The Balaban J connectivity index is 1.55. The van der Waals surface area contributed by atoms with Crippen LogP contribution in [0.1, 0.15) is 65.5 Å². The molecule has 0 radical (unpaired) electrons. The van der Waals surface area contributed by atoms with E-state index in [4.69, 9.17) is 0 Å². The molecule has 3 atom stereocenters. The first kappa shape index (κ1) is 25.9. The lowest BCUT2D eigenvalue weighted by Gasteiger charge is -2.36. The van der Waals surface area contributed by atoms with Crippen LogP contribution in [-0.2, 0) is 19.3 Å². The molecule has 0 saturated heterocycles. The van der Waals surface area contributed by atoms with Gasteiger partial charge in [-0.15, -0.1) is 0 Å². The molecule has 0 aliphatic heterocycles. The molecule has 0 unspecified atom stereocenters. The number of carbonyl (C=O) groups is 1. The molecule has 0 spiro atoms. The van der Waals surface area contributed by atoms with Crippen molar-refractivity contribution in [2.75, 3.05) is 6.54 Å². The fourth-order valence-electron chi connectivity index (χ4n) is 4.85. The molecule has 1 heterocycles. The molecule has 3 aromatic rings. The number of nitrogens with zero attached hydrogens (tertiary/aromatic N) is 1. The number of rotatable bonds is 9. The Hall–Kier alpha value is -3.16. The lowest BCUT2D eigenvalue weighted by molar-refractivity contribution is 0.0162. The van der Waals surface area contributed by atoms with Crippen LogP contribution in [0, 0.1) is 11.6 Å². The van der Waals surface area contributed by atoms with Gasteiger partial charge >= 0.3 is 0 Å². The van der Waals surface area contributed by atoms with Gasteiger partial charge in [-0.2, -0.15) is 0 Å². The van der Waals surface area contributed by atoms with E-state index in [9.17, 15) is 18.7 Å². The number of aryl methyl sites for hydroxylation is 2. The SMILES string of the molecule is CCc1ccc2c(c1)[C@@H](NC[C@@](C)(O)[C@H](Cc1cc(F)cc(F)c1)NC(=O)c1ccccn1)CCC2. The lowest BCUT2D eigenvalue weighted by atomic mass is 9.85. The number of fused-ring (bicyclic) bond motifs is 1. The smallest absolute Gasteiger partial charge is 0.270 e. The van der Waals surface area contributed by atoms with Crippen molar-refractivity contribution in [3.63, 3.8) is 0 Å². The summed E-state index contributed by atoms with van der Waals surface area (Å²) in [6.07, 6.45) is 5.52. The van der Waals surface area contributed by atoms with Gasteiger partial charge in [-0.1, -0.05) is 31.2 Å². The zero-order valence-corrected chi connectivity index (χ0v) is 20.7. The maximum Gasteiger partial charge on any atom is 0.270 e. The van der Waals surface area contributed by atoms with Crippen molar-refractivity contribution >= 4 is 5.91 Å². The monoisotopic (exact) mass is 493 g/mol. The number of nitrogens with one attached hydrogen (secondary N) is 2. The van der Waals surface area contributed by atoms with Crippen LogP contribution >= 0.6 is 0 Å². The average molecular weight is 494 g/mol. The number of halogens is 2. The van der Waals surface area contributed by atoms with Gasteiger partial charge in [-0.05, 0) is 85.5 Å². The standard InChI is InChI=1S/C29H33F2N3O2/c1-3-19-10-11-21-7-6-9-25(24(21)15-19)33-18-29(2,36)27(16-20-13-22(30)17-23(31)14-20)34-28(35)26-8-4-5-12-32-26/h4-5,8,10-15,17,25,27,33,36H,3,6-7,9,16,18H2,1-2H3,(H,34,35)/t25-,27-,29+/m0/s1. The zero-order valence-electron chi connectivity index (χ0n) is 20.7. The molecule has 1 aromatic heterocycles. The van der Waals surface area contributed by atoms with Gasteiger partial charge in [0, 0.05) is 24.8 Å². The third-order valence-corrected chi connectivity index (χ3v) is 6.95. The number of pyridine rings is 1. The molecule has 1 amide bonds. The minimum absolute atomic E-state index is 0.0448. The summed E-state index contributed by atoms with van der Waals surface area (Å²) < 4.78 is 27.8. The largest absolute Gasteiger partial charge is 0.387 e. The van der Waals surface area contributed by atoms with Gasteiger partial charge < -0.3 is 15.7 Å². The average Bonchev–Trinajstić information content (AvgIpc) is 2.86. The quantitative estimate of drug-likeness (QED) is 0.405. The van der Waals surface area contributed by atoms with Crippen molar-refractivity contribution in [3.8, 4) is 0 Å². The van der Waals surface area contributed by atoms with Crippen LogP contribution in [0.15, 0.2) is 60.8 Å². The van der Waals surface area contributed by atoms with Gasteiger partial charge in [-0.25, -0.2) is 8.78 Å². The van der Waals surface area contributed by atoms with Crippen molar-refractivity contribution in [3.05, 3.63) is 100 Å². The van der Waals surface area contributed by atoms with Crippen LogP contribution in [0.3, 0.4) is 0 Å². The highest BCUT2D eigenvalue weighted by Gasteiger charge is 2.35. The molecule has 190 valence electrons. The number of benzene rings is 2. The molecule has 0 fully saturated rings. The number of hydrogen-bond acceptors (Lipinski definition) is 4. The Morgan fingerprint density at radius 2 is 1.92 bits per heavy atom. The Bertz CT molecular complexity index is 1180. The summed E-state index contributed by atoms with van der Waals surface area (Å²) in [6, 6.07) is 14.0. The van der Waals surface area contributed by atoms with E-state index in [2.05, 4.69) is 40.7 Å². The molecule has 0 saturated carbocycles. The summed E-state index contributed by atoms with van der Waals surface area (Å²) in [6.45, 7) is 3.94. The number of hydrogen-bond donors (Lipinski definition) is 3. The topological polar surface area (TPSA) is 74.2 Å². The van der Waals surface area contributed by atoms with Crippen molar-refractivity contribution in [2.45, 2.75) is 63.6 Å². The predicted octanol–water partition coefficient (Wildman–Crippen LogP) is 4.68. The molecule has 0 bridgehead atoms. The summed E-state index contributed by atoms with van der Waals surface area (Å²) >= 11 is 0. The fraction of sp³-hybridized carbons (Fsp3) is 0.379. The van der Waals surface area contributed by atoms with Gasteiger partial charge in [0.05, 0.1) is 11.6 Å². The summed E-state index contributed by atoms with van der Waals surface area (Å²) in [7, 11) is 0. The molecular formula is C29H33F2N3O2. The van der Waals surface area contributed by atoms with Crippen LogP contribution < -0.4 is 10.6 Å². The predicted molar refractivity (Wildman–Crippen MR) is 136 cm³/mol. The van der Waals surface area contributed by atoms with Gasteiger partial charge in [0.1, 0.15) is 17.3 Å². The van der Waals surface area contributed by atoms with Crippen molar-refractivity contribution in [1.29, 1.82) is 0 Å². The van der Waals surface area contributed by atoms with E-state index in [1.165, 1.54) is 35.0 Å². The second-order valence-electron chi connectivity index (χ2n) is 9.79. The molecule has 7 heteroatoms. The molecule has 36 heavy (non-hydrogen) atoms. The van der Waals surface area contributed by atoms with Crippen LogP contribution in [-0.4, -0.2) is 34.2 Å². The van der Waals surface area contributed by atoms with Crippen molar-refractivity contribution < 1.29 is 18.7 Å². The minimum Gasteiger partial charge on any atom is -0.387 e. The van der Waals surface area contributed by atoms with Crippen LogP contribution in [0.2, 0.25) is 0 Å². The first-order valence-corrected chi connectivity index (χ1v) is 12.5. The maximum atomic E-state index is 13.9. The van der Waals surface area contributed by atoms with Crippen LogP contribution in [0.5, 0.6) is 0 Å². The van der Waals surface area contributed by atoms with E-state index in [0.29, 0.717) is 5.56 Å². The molecule has 1 aliphatic rings. The van der Waals surface area contributed by atoms with Crippen molar-refractivity contribution in [2.24, 2.45) is 0 Å². The highest BCUT2D eigenvalue weighted by molar-refractivity contribution is 5.92. The maximum absolute atomic E-state index is 13.9. The second kappa shape index (κ2) is 11.3. The minimum atomic E-state index is -1.42. The lowest BCUT2D eigenvalue weighted by Crippen LogP contribution is -2.57. The van der Waals surface area contributed by atoms with Gasteiger partial charge in [-0.3, -0.25) is 9.78 Å². The first-order valence-electron chi connectivity index (χ1n) is 12.5. The Morgan fingerprint density at radius 3 is 2.61 bits per heavy atom. The Morgan fingerprint density at radius 1 is 1.14 bits per heavy atom. The molecule has 1 aliphatic carbocycles. The van der Waals surface area contributed by atoms with E-state index >= 15 is 0 Å². The number of aromatic nitrogens is 1. The third kappa shape index (κ3) is 6.33. The van der Waals surface area contributed by atoms with E-state index in [-0.39, 0.29) is 24.7 Å². The Kier molecular flexibility index (Phi) is 8.11. The molecule has 4 rings (SSSR count). The fourth-order valence-corrected chi connectivity index (χ4v) is 4.85. The van der Waals surface area contributed by atoms with Crippen molar-refractivity contribution in [1.82, 2.24) is 15.6 Å². The van der Waals surface area contributed by atoms with E-state index < -0.39 is 29.2 Å². The van der Waals surface area contributed by atoms with Gasteiger partial charge in [0.15, 0.2) is 0 Å². The number of aliphatic hydroxyl groups is 1. The molecular weight excluding hydrogens is 460 g/mol. The summed E-state index contributed by atoms with van der Waals surface area (Å²) in [5.41, 5.74) is 2.94. The highest BCUT2D eigenvalue weighted by Crippen LogP contribution is 2.31. The number of amides is 1. The van der Waals surface area contributed by atoms with Crippen LogP contribution in [0.25, 0.3) is 0 Å². The van der Waals surface area contributed by atoms with E-state index in [0.717, 1.165) is 31.7 Å².